The molecule has 0 saturated heterocycles. The van der Waals surface area contributed by atoms with E-state index in [9.17, 15) is 0 Å². The number of hydrogen-bond donors (Lipinski definition) is 2. The summed E-state index contributed by atoms with van der Waals surface area (Å²) in [6.07, 6.45) is 2.18. The predicted molar refractivity (Wildman–Crippen MR) is 74.7 cm³/mol. The summed E-state index contributed by atoms with van der Waals surface area (Å²) in [7, 11) is 0. The predicted octanol–water partition coefficient (Wildman–Crippen LogP) is 2.00. The highest BCUT2D eigenvalue weighted by atomic mass is 16.5. The zero-order chi connectivity index (χ0) is 13.3. The van der Waals surface area contributed by atoms with Gasteiger partial charge >= 0.3 is 0 Å². The standard InChI is InChI=1S/C15H25NO2/c1-15(2,16-10-12-18-13-11-17)9-8-14-6-4-3-5-7-14/h3-7,16-17H,8-13H2,1-2H3. The van der Waals surface area contributed by atoms with Gasteiger partial charge in [-0.3, -0.25) is 0 Å². The van der Waals surface area contributed by atoms with Gasteiger partial charge in [0.1, 0.15) is 0 Å². The van der Waals surface area contributed by atoms with Crippen LogP contribution in [0.1, 0.15) is 25.8 Å². The first kappa shape index (κ1) is 15.2. The van der Waals surface area contributed by atoms with Crippen molar-refractivity contribution in [1.82, 2.24) is 5.32 Å². The van der Waals surface area contributed by atoms with E-state index in [0.29, 0.717) is 13.2 Å². The summed E-state index contributed by atoms with van der Waals surface area (Å²) in [5.41, 5.74) is 1.49. The van der Waals surface area contributed by atoms with Crippen molar-refractivity contribution in [2.45, 2.75) is 32.2 Å². The summed E-state index contributed by atoms with van der Waals surface area (Å²) >= 11 is 0. The van der Waals surface area contributed by atoms with Crippen LogP contribution in [0.15, 0.2) is 30.3 Å². The third-order valence-electron chi connectivity index (χ3n) is 2.97. The molecular formula is C15H25NO2. The maximum atomic E-state index is 8.59. The van der Waals surface area contributed by atoms with Gasteiger partial charge in [0.25, 0.3) is 0 Å². The van der Waals surface area contributed by atoms with Crippen LogP contribution in [0.25, 0.3) is 0 Å². The van der Waals surface area contributed by atoms with Gasteiger partial charge in [-0.1, -0.05) is 30.3 Å². The fourth-order valence-corrected chi connectivity index (χ4v) is 1.82. The van der Waals surface area contributed by atoms with Gasteiger partial charge in [0.15, 0.2) is 0 Å². The van der Waals surface area contributed by atoms with Crippen molar-refractivity contribution in [3.8, 4) is 0 Å². The van der Waals surface area contributed by atoms with Gasteiger partial charge in [0, 0.05) is 12.1 Å². The highest BCUT2D eigenvalue weighted by Crippen LogP contribution is 2.13. The third kappa shape index (κ3) is 6.74. The SMILES string of the molecule is CC(C)(CCc1ccccc1)NCCOCCO. The maximum Gasteiger partial charge on any atom is 0.0698 e. The number of nitrogens with one attached hydrogen (secondary N) is 1. The summed E-state index contributed by atoms with van der Waals surface area (Å²) in [6.45, 7) is 6.41. The number of rotatable bonds is 9. The van der Waals surface area contributed by atoms with Crippen LogP contribution < -0.4 is 5.32 Å². The Morgan fingerprint density at radius 3 is 2.56 bits per heavy atom. The van der Waals surface area contributed by atoms with E-state index in [1.54, 1.807) is 0 Å². The van der Waals surface area contributed by atoms with E-state index in [4.69, 9.17) is 9.84 Å². The number of benzene rings is 1. The molecule has 0 atom stereocenters. The lowest BCUT2D eigenvalue weighted by Gasteiger charge is -2.26. The molecule has 0 fully saturated rings. The first-order valence-corrected chi connectivity index (χ1v) is 6.61. The van der Waals surface area contributed by atoms with Crippen LogP contribution in [0.4, 0.5) is 0 Å². The molecule has 3 heteroatoms. The molecule has 1 rings (SSSR count). The average molecular weight is 251 g/mol. The lowest BCUT2D eigenvalue weighted by molar-refractivity contribution is 0.0901. The van der Waals surface area contributed by atoms with Crippen LogP contribution in [0.3, 0.4) is 0 Å². The van der Waals surface area contributed by atoms with Crippen molar-refractivity contribution in [2.75, 3.05) is 26.4 Å². The number of ether oxygens (including phenoxy) is 1. The first-order valence-electron chi connectivity index (χ1n) is 6.61. The van der Waals surface area contributed by atoms with Gasteiger partial charge in [-0.15, -0.1) is 0 Å². The smallest absolute Gasteiger partial charge is 0.0698 e. The molecule has 0 aliphatic carbocycles. The molecule has 0 saturated carbocycles. The highest BCUT2D eigenvalue weighted by Gasteiger charge is 2.16. The number of aliphatic hydroxyl groups is 1. The van der Waals surface area contributed by atoms with Crippen molar-refractivity contribution >= 4 is 0 Å². The third-order valence-corrected chi connectivity index (χ3v) is 2.97. The molecule has 102 valence electrons. The summed E-state index contributed by atoms with van der Waals surface area (Å²) in [4.78, 5) is 0. The van der Waals surface area contributed by atoms with E-state index in [1.807, 2.05) is 6.07 Å². The Labute approximate surface area is 110 Å². The van der Waals surface area contributed by atoms with Crippen LogP contribution in [-0.4, -0.2) is 37.0 Å². The summed E-state index contributed by atoms with van der Waals surface area (Å²) in [6, 6.07) is 10.5. The summed E-state index contributed by atoms with van der Waals surface area (Å²) in [5.74, 6) is 0. The van der Waals surface area contributed by atoms with E-state index in [2.05, 4.69) is 43.4 Å². The van der Waals surface area contributed by atoms with Crippen LogP contribution in [0.5, 0.6) is 0 Å². The van der Waals surface area contributed by atoms with Gasteiger partial charge < -0.3 is 15.2 Å². The monoisotopic (exact) mass is 251 g/mol. The molecule has 0 heterocycles. The Bertz CT molecular complexity index is 312. The molecule has 0 aromatic heterocycles. The van der Waals surface area contributed by atoms with E-state index in [1.165, 1.54) is 5.56 Å². The molecule has 0 amide bonds. The van der Waals surface area contributed by atoms with Gasteiger partial charge in [0.2, 0.25) is 0 Å². The highest BCUT2D eigenvalue weighted by molar-refractivity contribution is 5.15. The quantitative estimate of drug-likeness (QED) is 0.660. The fourth-order valence-electron chi connectivity index (χ4n) is 1.82. The van der Waals surface area contributed by atoms with Crippen molar-refractivity contribution in [2.24, 2.45) is 0 Å². The number of hydrogen-bond acceptors (Lipinski definition) is 3. The van der Waals surface area contributed by atoms with Crippen LogP contribution >= 0.6 is 0 Å². The molecule has 1 aromatic rings. The van der Waals surface area contributed by atoms with Crippen molar-refractivity contribution in [3.63, 3.8) is 0 Å². The summed E-state index contributed by atoms with van der Waals surface area (Å²) in [5, 5.41) is 12.1. The van der Waals surface area contributed by atoms with Crippen molar-refractivity contribution < 1.29 is 9.84 Å². The van der Waals surface area contributed by atoms with Gasteiger partial charge in [-0.2, -0.15) is 0 Å². The molecule has 0 unspecified atom stereocenters. The average Bonchev–Trinajstić information content (AvgIpc) is 2.38. The minimum atomic E-state index is 0.0946. The lowest BCUT2D eigenvalue weighted by atomic mass is 9.95. The Morgan fingerprint density at radius 2 is 1.89 bits per heavy atom. The second-order valence-electron chi connectivity index (χ2n) is 5.13. The molecule has 0 aliphatic heterocycles. The van der Waals surface area contributed by atoms with E-state index in [-0.39, 0.29) is 12.1 Å². The Balaban J connectivity index is 2.19. The van der Waals surface area contributed by atoms with E-state index in [0.717, 1.165) is 19.4 Å². The minimum absolute atomic E-state index is 0.0946. The van der Waals surface area contributed by atoms with Crippen LogP contribution in [0, 0.1) is 0 Å². The van der Waals surface area contributed by atoms with E-state index < -0.39 is 0 Å². The Kier molecular flexibility index (Phi) is 6.94. The van der Waals surface area contributed by atoms with Gasteiger partial charge in [-0.05, 0) is 32.3 Å². The molecule has 18 heavy (non-hydrogen) atoms. The first-order chi connectivity index (χ1) is 8.64. The molecule has 0 radical (unpaired) electrons. The Hall–Kier alpha value is -0.900. The molecule has 1 aromatic carbocycles. The molecule has 0 bridgehead atoms. The maximum absolute atomic E-state index is 8.59. The second kappa shape index (κ2) is 8.25. The van der Waals surface area contributed by atoms with Crippen molar-refractivity contribution in [3.05, 3.63) is 35.9 Å². The topological polar surface area (TPSA) is 41.5 Å². The van der Waals surface area contributed by atoms with Gasteiger partial charge in [-0.25, -0.2) is 0 Å². The fraction of sp³-hybridized carbons (Fsp3) is 0.600. The van der Waals surface area contributed by atoms with Crippen molar-refractivity contribution in [1.29, 1.82) is 0 Å². The van der Waals surface area contributed by atoms with E-state index >= 15 is 0 Å². The normalized spacial score (nSPS) is 11.7. The molecular weight excluding hydrogens is 226 g/mol. The number of aryl methyl sites for hydroxylation is 1. The summed E-state index contributed by atoms with van der Waals surface area (Å²) < 4.78 is 5.23. The zero-order valence-electron chi connectivity index (χ0n) is 11.5. The lowest BCUT2D eigenvalue weighted by Crippen LogP contribution is -2.41. The van der Waals surface area contributed by atoms with Crippen LogP contribution in [-0.2, 0) is 11.2 Å². The molecule has 2 N–H and O–H groups in total. The Morgan fingerprint density at radius 1 is 1.17 bits per heavy atom. The van der Waals surface area contributed by atoms with Gasteiger partial charge in [0.05, 0.1) is 19.8 Å². The molecule has 0 spiro atoms. The zero-order valence-corrected chi connectivity index (χ0v) is 11.5. The second-order valence-corrected chi connectivity index (χ2v) is 5.13. The largest absolute Gasteiger partial charge is 0.394 e. The minimum Gasteiger partial charge on any atom is -0.394 e. The molecule has 3 nitrogen and oxygen atoms in total. The van der Waals surface area contributed by atoms with Crippen LogP contribution in [0.2, 0.25) is 0 Å². The molecule has 0 aliphatic rings. The number of aliphatic hydroxyl groups excluding tert-OH is 1.